The SMILES string of the molecule is COCCOCCOCC(O)CN1CCNCC1. The second-order valence-electron chi connectivity index (χ2n) is 4.38. The maximum Gasteiger partial charge on any atom is 0.0900 e. The van der Waals surface area contributed by atoms with Gasteiger partial charge < -0.3 is 24.6 Å². The molecule has 0 aromatic rings. The fourth-order valence-electron chi connectivity index (χ4n) is 1.83. The van der Waals surface area contributed by atoms with Crippen molar-refractivity contribution in [2.24, 2.45) is 0 Å². The first-order valence-corrected chi connectivity index (χ1v) is 6.58. The summed E-state index contributed by atoms with van der Waals surface area (Å²) in [5, 5.41) is 13.1. The molecule has 18 heavy (non-hydrogen) atoms. The molecule has 1 unspecified atom stereocenters. The molecule has 6 heteroatoms. The lowest BCUT2D eigenvalue weighted by Crippen LogP contribution is -2.47. The molecule has 1 atom stereocenters. The lowest BCUT2D eigenvalue weighted by atomic mass is 10.3. The van der Waals surface area contributed by atoms with Crippen molar-refractivity contribution in [2.75, 3.05) is 72.9 Å². The van der Waals surface area contributed by atoms with E-state index >= 15 is 0 Å². The Bertz CT molecular complexity index is 189. The van der Waals surface area contributed by atoms with Crippen LogP contribution in [0.5, 0.6) is 0 Å². The number of hydrogen-bond donors (Lipinski definition) is 2. The Morgan fingerprint density at radius 2 is 1.78 bits per heavy atom. The summed E-state index contributed by atoms with van der Waals surface area (Å²) in [5.74, 6) is 0. The van der Waals surface area contributed by atoms with E-state index in [9.17, 15) is 5.11 Å². The Hall–Kier alpha value is -0.240. The smallest absolute Gasteiger partial charge is 0.0900 e. The lowest BCUT2D eigenvalue weighted by molar-refractivity contribution is -0.0150. The zero-order valence-electron chi connectivity index (χ0n) is 11.3. The molecule has 0 spiro atoms. The maximum absolute atomic E-state index is 9.79. The van der Waals surface area contributed by atoms with Gasteiger partial charge in [-0.15, -0.1) is 0 Å². The number of ether oxygens (including phenoxy) is 3. The number of methoxy groups -OCH3 is 1. The standard InChI is InChI=1S/C12H26N2O4/c1-16-6-7-17-8-9-18-11-12(15)10-14-4-2-13-3-5-14/h12-13,15H,2-11H2,1H3. The van der Waals surface area contributed by atoms with Gasteiger partial charge in [0, 0.05) is 39.8 Å². The first kappa shape index (κ1) is 15.8. The van der Waals surface area contributed by atoms with E-state index in [0.717, 1.165) is 26.2 Å². The van der Waals surface area contributed by atoms with Gasteiger partial charge in [-0.05, 0) is 0 Å². The second kappa shape index (κ2) is 10.7. The summed E-state index contributed by atoms with van der Waals surface area (Å²) in [6.07, 6.45) is -0.415. The van der Waals surface area contributed by atoms with Gasteiger partial charge in [0.2, 0.25) is 0 Å². The monoisotopic (exact) mass is 262 g/mol. The van der Waals surface area contributed by atoms with Crippen molar-refractivity contribution in [1.82, 2.24) is 10.2 Å². The quantitative estimate of drug-likeness (QED) is 0.489. The minimum Gasteiger partial charge on any atom is -0.389 e. The van der Waals surface area contributed by atoms with Crippen molar-refractivity contribution < 1.29 is 19.3 Å². The van der Waals surface area contributed by atoms with Crippen molar-refractivity contribution in [3.05, 3.63) is 0 Å². The topological polar surface area (TPSA) is 63.2 Å². The summed E-state index contributed by atoms with van der Waals surface area (Å²) >= 11 is 0. The summed E-state index contributed by atoms with van der Waals surface area (Å²) in [4.78, 5) is 2.25. The van der Waals surface area contributed by atoms with E-state index in [-0.39, 0.29) is 0 Å². The molecule has 0 radical (unpaired) electrons. The van der Waals surface area contributed by atoms with Crippen LogP contribution in [0, 0.1) is 0 Å². The highest BCUT2D eigenvalue weighted by atomic mass is 16.5. The lowest BCUT2D eigenvalue weighted by Gasteiger charge is -2.28. The van der Waals surface area contributed by atoms with Gasteiger partial charge in [-0.3, -0.25) is 4.90 Å². The third kappa shape index (κ3) is 7.97. The summed E-state index contributed by atoms with van der Waals surface area (Å²) in [7, 11) is 1.65. The van der Waals surface area contributed by atoms with E-state index in [2.05, 4.69) is 10.2 Å². The number of nitrogens with zero attached hydrogens (tertiary/aromatic N) is 1. The molecule has 0 bridgehead atoms. The third-order valence-electron chi connectivity index (χ3n) is 2.79. The molecule has 1 fully saturated rings. The normalized spacial score (nSPS) is 19.0. The Morgan fingerprint density at radius 1 is 1.11 bits per heavy atom. The van der Waals surface area contributed by atoms with Crippen LogP contribution in [0.1, 0.15) is 0 Å². The van der Waals surface area contributed by atoms with E-state index in [1.165, 1.54) is 0 Å². The molecule has 1 saturated heterocycles. The molecule has 1 aliphatic rings. The summed E-state index contributed by atoms with van der Waals surface area (Å²) in [5.41, 5.74) is 0. The largest absolute Gasteiger partial charge is 0.389 e. The molecule has 0 aliphatic carbocycles. The summed E-state index contributed by atoms with van der Waals surface area (Å²) < 4.78 is 15.5. The fourth-order valence-corrected chi connectivity index (χ4v) is 1.83. The van der Waals surface area contributed by atoms with Gasteiger partial charge in [0.15, 0.2) is 0 Å². The van der Waals surface area contributed by atoms with Gasteiger partial charge in [0.05, 0.1) is 39.1 Å². The van der Waals surface area contributed by atoms with Crippen molar-refractivity contribution >= 4 is 0 Å². The highest BCUT2D eigenvalue weighted by molar-refractivity contribution is 4.70. The van der Waals surface area contributed by atoms with Crippen LogP contribution in [0.15, 0.2) is 0 Å². The van der Waals surface area contributed by atoms with Gasteiger partial charge in [-0.25, -0.2) is 0 Å². The first-order chi connectivity index (χ1) is 8.83. The molecule has 2 N–H and O–H groups in total. The van der Waals surface area contributed by atoms with E-state index in [1.54, 1.807) is 7.11 Å². The Labute approximate surface area is 109 Å². The molecule has 0 saturated carbocycles. The van der Waals surface area contributed by atoms with Crippen molar-refractivity contribution in [2.45, 2.75) is 6.10 Å². The van der Waals surface area contributed by atoms with Gasteiger partial charge >= 0.3 is 0 Å². The minimum absolute atomic E-state index is 0.373. The molecular formula is C12H26N2O4. The second-order valence-corrected chi connectivity index (χ2v) is 4.38. The van der Waals surface area contributed by atoms with Crippen LogP contribution in [0.25, 0.3) is 0 Å². The van der Waals surface area contributed by atoms with Crippen molar-refractivity contribution in [3.8, 4) is 0 Å². The van der Waals surface area contributed by atoms with Crippen LogP contribution in [-0.4, -0.2) is 89.0 Å². The van der Waals surface area contributed by atoms with Gasteiger partial charge in [0.1, 0.15) is 0 Å². The number of rotatable bonds is 10. The van der Waals surface area contributed by atoms with E-state index in [1.807, 2.05) is 0 Å². The number of piperazine rings is 1. The average Bonchev–Trinajstić information content (AvgIpc) is 2.39. The predicted molar refractivity (Wildman–Crippen MR) is 68.8 cm³/mol. The van der Waals surface area contributed by atoms with Crippen molar-refractivity contribution in [3.63, 3.8) is 0 Å². The molecule has 0 amide bonds. The molecule has 1 aliphatic heterocycles. The zero-order valence-corrected chi connectivity index (χ0v) is 11.3. The number of β-amino-alcohol motifs (C(OH)–C–C–N with tert-alkyl or cyclic N) is 1. The van der Waals surface area contributed by atoms with Crippen LogP contribution in [0.4, 0.5) is 0 Å². The summed E-state index contributed by atoms with van der Waals surface area (Å²) in [6, 6.07) is 0. The number of aliphatic hydroxyl groups excluding tert-OH is 1. The highest BCUT2D eigenvalue weighted by Crippen LogP contribution is 1.96. The molecule has 6 nitrogen and oxygen atoms in total. The van der Waals surface area contributed by atoms with Crippen LogP contribution >= 0.6 is 0 Å². The third-order valence-corrected chi connectivity index (χ3v) is 2.79. The predicted octanol–water partition coefficient (Wildman–Crippen LogP) is -1.07. The van der Waals surface area contributed by atoms with Crippen LogP contribution in [0.3, 0.4) is 0 Å². The van der Waals surface area contributed by atoms with Crippen molar-refractivity contribution in [1.29, 1.82) is 0 Å². The van der Waals surface area contributed by atoms with Crippen LogP contribution in [-0.2, 0) is 14.2 Å². The molecule has 108 valence electrons. The van der Waals surface area contributed by atoms with Crippen LogP contribution < -0.4 is 5.32 Å². The molecule has 0 aromatic heterocycles. The number of nitrogens with one attached hydrogen (secondary N) is 1. The minimum atomic E-state index is -0.415. The van der Waals surface area contributed by atoms with E-state index in [0.29, 0.717) is 39.6 Å². The number of hydrogen-bond acceptors (Lipinski definition) is 6. The Kier molecular flexibility index (Phi) is 9.37. The van der Waals surface area contributed by atoms with E-state index in [4.69, 9.17) is 14.2 Å². The molecule has 1 heterocycles. The van der Waals surface area contributed by atoms with Gasteiger partial charge in [0.25, 0.3) is 0 Å². The molecule has 1 rings (SSSR count). The summed E-state index contributed by atoms with van der Waals surface area (Å²) in [6.45, 7) is 7.31. The maximum atomic E-state index is 9.79. The Balaban J connectivity index is 1.88. The number of aliphatic hydroxyl groups is 1. The van der Waals surface area contributed by atoms with Crippen LogP contribution in [0.2, 0.25) is 0 Å². The zero-order chi connectivity index (χ0) is 13.1. The Morgan fingerprint density at radius 3 is 2.50 bits per heavy atom. The average molecular weight is 262 g/mol. The van der Waals surface area contributed by atoms with E-state index < -0.39 is 6.10 Å². The first-order valence-electron chi connectivity index (χ1n) is 6.58. The fraction of sp³-hybridized carbons (Fsp3) is 1.00. The van der Waals surface area contributed by atoms with Gasteiger partial charge in [-0.1, -0.05) is 0 Å². The van der Waals surface area contributed by atoms with Gasteiger partial charge in [-0.2, -0.15) is 0 Å². The molecular weight excluding hydrogens is 236 g/mol. The highest BCUT2D eigenvalue weighted by Gasteiger charge is 2.13. The molecule has 0 aromatic carbocycles.